The highest BCUT2D eigenvalue weighted by Gasteiger charge is 2.21. The second-order valence-electron chi connectivity index (χ2n) is 5.95. The zero-order valence-corrected chi connectivity index (χ0v) is 15.8. The van der Waals surface area contributed by atoms with E-state index < -0.39 is 0 Å². The van der Waals surface area contributed by atoms with Gasteiger partial charge in [0.2, 0.25) is 5.95 Å². The van der Waals surface area contributed by atoms with E-state index in [0.717, 1.165) is 58.5 Å². The molecule has 2 aromatic rings. The van der Waals surface area contributed by atoms with Crippen molar-refractivity contribution in [1.82, 2.24) is 19.9 Å². The van der Waals surface area contributed by atoms with Gasteiger partial charge in [-0.2, -0.15) is 0 Å². The minimum Gasteiger partial charge on any atom is -0.356 e. The van der Waals surface area contributed by atoms with E-state index in [1.54, 1.807) is 0 Å². The second-order valence-corrected chi connectivity index (χ2v) is 7.11. The minimum atomic E-state index is 0.412. The molecule has 0 amide bonds. The molecule has 2 aromatic heterocycles. The van der Waals surface area contributed by atoms with Crippen LogP contribution in [0.1, 0.15) is 30.1 Å². The van der Waals surface area contributed by atoms with Crippen LogP contribution in [0.2, 0.25) is 0 Å². The van der Waals surface area contributed by atoms with E-state index in [2.05, 4.69) is 58.8 Å². The van der Waals surface area contributed by atoms with Crippen LogP contribution in [0.25, 0.3) is 0 Å². The highest BCUT2D eigenvalue weighted by molar-refractivity contribution is 14.1. The monoisotopic (exact) mass is 424 g/mol. The maximum Gasteiger partial charge on any atom is 0.223 e. The van der Waals surface area contributed by atoms with Crippen LogP contribution in [0, 0.1) is 24.3 Å². The van der Waals surface area contributed by atoms with Crippen LogP contribution in [-0.2, 0) is 0 Å². The lowest BCUT2D eigenvalue weighted by Crippen LogP contribution is -2.40. The fourth-order valence-corrected chi connectivity index (χ4v) is 3.08. The van der Waals surface area contributed by atoms with Gasteiger partial charge in [0, 0.05) is 37.1 Å². The molecular weight excluding hydrogens is 403 g/mol. The molecule has 0 radical (unpaired) electrons. The molecule has 122 valence electrons. The zero-order valence-electron chi connectivity index (χ0n) is 13.7. The van der Waals surface area contributed by atoms with Gasteiger partial charge in [0.25, 0.3) is 0 Å². The summed E-state index contributed by atoms with van der Waals surface area (Å²) in [5, 5.41) is 3.46. The molecule has 0 spiro atoms. The number of nitrogens with one attached hydrogen (secondary N) is 1. The number of piperidine rings is 1. The molecule has 0 atom stereocenters. The quantitative estimate of drug-likeness (QED) is 0.765. The smallest absolute Gasteiger partial charge is 0.223 e. The molecule has 1 aliphatic heterocycles. The summed E-state index contributed by atoms with van der Waals surface area (Å²) in [7, 11) is 0. The normalized spacial score (nSPS) is 15.7. The van der Waals surface area contributed by atoms with Crippen molar-refractivity contribution in [3.8, 4) is 0 Å². The SMILES string of the molecule is Cc1cc(N2CCC(Nc3ncc(I)c(C)n3)CC2)nc(C)n1. The lowest BCUT2D eigenvalue weighted by atomic mass is 10.1. The van der Waals surface area contributed by atoms with Crippen LogP contribution < -0.4 is 10.2 Å². The molecule has 0 unspecified atom stereocenters. The fraction of sp³-hybridized carbons (Fsp3) is 0.500. The molecule has 3 heterocycles. The maximum absolute atomic E-state index is 4.56. The molecule has 0 bridgehead atoms. The van der Waals surface area contributed by atoms with Gasteiger partial charge in [-0.05, 0) is 56.2 Å². The van der Waals surface area contributed by atoms with Gasteiger partial charge in [0.1, 0.15) is 11.6 Å². The number of hydrogen-bond acceptors (Lipinski definition) is 6. The van der Waals surface area contributed by atoms with Crippen molar-refractivity contribution in [2.24, 2.45) is 0 Å². The molecule has 0 saturated carbocycles. The number of aromatic nitrogens is 4. The van der Waals surface area contributed by atoms with Crippen LogP contribution >= 0.6 is 22.6 Å². The Morgan fingerprint density at radius 2 is 1.87 bits per heavy atom. The summed E-state index contributed by atoms with van der Waals surface area (Å²) in [5.74, 6) is 2.60. The predicted octanol–water partition coefficient (Wildman–Crippen LogP) is 2.88. The van der Waals surface area contributed by atoms with E-state index in [1.807, 2.05) is 27.0 Å². The Kier molecular flexibility index (Phi) is 4.93. The summed E-state index contributed by atoms with van der Waals surface area (Å²) < 4.78 is 1.09. The Hall–Kier alpha value is -1.51. The van der Waals surface area contributed by atoms with E-state index >= 15 is 0 Å². The Morgan fingerprint density at radius 1 is 1.13 bits per heavy atom. The first-order valence-electron chi connectivity index (χ1n) is 7.84. The Bertz CT molecular complexity index is 677. The lowest BCUT2D eigenvalue weighted by molar-refractivity contribution is 0.520. The molecule has 1 N–H and O–H groups in total. The summed E-state index contributed by atoms with van der Waals surface area (Å²) in [6.45, 7) is 7.94. The lowest BCUT2D eigenvalue weighted by Gasteiger charge is -2.33. The summed E-state index contributed by atoms with van der Waals surface area (Å²) in [6, 6.07) is 2.47. The predicted molar refractivity (Wildman–Crippen MR) is 99.8 cm³/mol. The summed E-state index contributed by atoms with van der Waals surface area (Å²) in [6.07, 6.45) is 3.97. The Labute approximate surface area is 150 Å². The largest absolute Gasteiger partial charge is 0.356 e. The van der Waals surface area contributed by atoms with Crippen molar-refractivity contribution in [2.75, 3.05) is 23.3 Å². The molecule has 1 fully saturated rings. The first-order valence-corrected chi connectivity index (χ1v) is 8.92. The number of hydrogen-bond donors (Lipinski definition) is 1. The van der Waals surface area contributed by atoms with Gasteiger partial charge >= 0.3 is 0 Å². The number of rotatable bonds is 3. The van der Waals surface area contributed by atoms with Crippen LogP contribution in [0.5, 0.6) is 0 Å². The van der Waals surface area contributed by atoms with Crippen LogP contribution in [0.4, 0.5) is 11.8 Å². The molecule has 23 heavy (non-hydrogen) atoms. The first-order chi connectivity index (χ1) is 11.0. The van der Waals surface area contributed by atoms with E-state index in [4.69, 9.17) is 0 Å². The average molecular weight is 424 g/mol. The van der Waals surface area contributed by atoms with Gasteiger partial charge in [-0.25, -0.2) is 19.9 Å². The first kappa shape index (κ1) is 16.4. The van der Waals surface area contributed by atoms with Crippen LogP contribution in [0.15, 0.2) is 12.3 Å². The molecule has 6 nitrogen and oxygen atoms in total. The van der Waals surface area contributed by atoms with Crippen molar-refractivity contribution in [1.29, 1.82) is 0 Å². The third-order valence-corrected chi connectivity index (χ3v) is 5.08. The molecule has 3 rings (SSSR count). The average Bonchev–Trinajstić information content (AvgIpc) is 2.51. The van der Waals surface area contributed by atoms with Crippen LogP contribution in [0.3, 0.4) is 0 Å². The zero-order chi connectivity index (χ0) is 16.4. The summed E-state index contributed by atoms with van der Waals surface area (Å²) >= 11 is 2.25. The molecule has 1 saturated heterocycles. The highest BCUT2D eigenvalue weighted by atomic mass is 127. The third kappa shape index (κ3) is 4.07. The summed E-state index contributed by atoms with van der Waals surface area (Å²) in [5.41, 5.74) is 2.04. The standard InChI is InChI=1S/C16H21IN6/c1-10-8-15(21-12(3)19-10)23-6-4-13(5-7-23)22-16-18-9-14(17)11(2)20-16/h8-9,13H,4-7H2,1-3H3,(H,18,20,22). The van der Waals surface area contributed by atoms with Crippen molar-refractivity contribution >= 4 is 34.4 Å². The summed E-state index contributed by atoms with van der Waals surface area (Å²) in [4.78, 5) is 20.1. The minimum absolute atomic E-state index is 0.412. The molecular formula is C16H21IN6. The van der Waals surface area contributed by atoms with Gasteiger partial charge < -0.3 is 10.2 Å². The number of anilines is 2. The van der Waals surface area contributed by atoms with Crippen molar-refractivity contribution < 1.29 is 0 Å². The van der Waals surface area contributed by atoms with Gasteiger partial charge in [-0.15, -0.1) is 0 Å². The van der Waals surface area contributed by atoms with E-state index in [0.29, 0.717) is 6.04 Å². The van der Waals surface area contributed by atoms with Crippen molar-refractivity contribution in [3.63, 3.8) is 0 Å². The van der Waals surface area contributed by atoms with Gasteiger partial charge in [-0.3, -0.25) is 0 Å². The van der Waals surface area contributed by atoms with E-state index in [1.165, 1.54) is 0 Å². The Balaban J connectivity index is 1.60. The van der Waals surface area contributed by atoms with Crippen molar-refractivity contribution in [3.05, 3.63) is 33.0 Å². The second kappa shape index (κ2) is 6.94. The van der Waals surface area contributed by atoms with Gasteiger partial charge in [0.15, 0.2) is 0 Å². The fourth-order valence-electron chi connectivity index (χ4n) is 2.82. The van der Waals surface area contributed by atoms with Crippen LogP contribution in [-0.4, -0.2) is 39.1 Å². The number of nitrogens with zero attached hydrogens (tertiary/aromatic N) is 5. The maximum atomic E-state index is 4.56. The molecule has 1 aliphatic rings. The highest BCUT2D eigenvalue weighted by Crippen LogP contribution is 2.20. The molecule has 0 aromatic carbocycles. The van der Waals surface area contributed by atoms with E-state index in [9.17, 15) is 0 Å². The van der Waals surface area contributed by atoms with Crippen molar-refractivity contribution in [2.45, 2.75) is 39.7 Å². The number of aryl methyl sites for hydroxylation is 3. The topological polar surface area (TPSA) is 66.8 Å². The Morgan fingerprint density at radius 3 is 2.52 bits per heavy atom. The van der Waals surface area contributed by atoms with Gasteiger partial charge in [0.05, 0.1) is 9.26 Å². The molecule has 0 aliphatic carbocycles. The third-order valence-electron chi connectivity index (χ3n) is 4.02. The number of halogens is 1. The van der Waals surface area contributed by atoms with Gasteiger partial charge in [-0.1, -0.05) is 0 Å². The molecule has 7 heteroatoms. The van der Waals surface area contributed by atoms with E-state index in [-0.39, 0.29) is 0 Å².